The lowest BCUT2D eigenvalue weighted by molar-refractivity contribution is -0.146. The van der Waals surface area contributed by atoms with Crippen molar-refractivity contribution in [2.75, 3.05) is 13.0 Å². The molecule has 0 saturated carbocycles. The molecular weight excluding hydrogens is 614 g/mol. The number of hydrogen-bond donors (Lipinski definition) is 0. The van der Waals surface area contributed by atoms with E-state index in [4.69, 9.17) is 16.3 Å². The summed E-state index contributed by atoms with van der Waals surface area (Å²) in [5.41, 5.74) is 1.61. The van der Waals surface area contributed by atoms with Crippen molar-refractivity contribution >= 4 is 43.6 Å². The van der Waals surface area contributed by atoms with E-state index in [-0.39, 0.29) is 17.6 Å². The number of halogens is 1. The molecule has 2 aromatic carbocycles. The quantitative estimate of drug-likeness (QED) is 0.0322. The summed E-state index contributed by atoms with van der Waals surface area (Å²) in [6, 6.07) is 19.0. The maximum Gasteiger partial charge on any atom is 0.260 e. The highest BCUT2D eigenvalue weighted by molar-refractivity contribution is 6.76. The fraction of sp³-hybridized carbons (Fsp3) is 0.421. The summed E-state index contributed by atoms with van der Waals surface area (Å²) in [6.07, 6.45) is 8.28. The van der Waals surface area contributed by atoms with Crippen LogP contribution >= 0.6 is 11.6 Å². The first-order valence-corrected chi connectivity index (χ1v) is 20.3. The minimum absolute atomic E-state index is 0.131. The molecule has 4 rings (SSSR count). The van der Waals surface area contributed by atoms with E-state index in [0.717, 1.165) is 17.9 Å². The van der Waals surface area contributed by atoms with Crippen LogP contribution in [0.5, 0.6) is 0 Å². The first-order chi connectivity index (χ1) is 21.9. The number of nitrogens with zero attached hydrogens (tertiary/aromatic N) is 1. The van der Waals surface area contributed by atoms with Crippen LogP contribution in [0.25, 0.3) is 0 Å². The Labute approximate surface area is 279 Å². The summed E-state index contributed by atoms with van der Waals surface area (Å²) in [6.45, 7) is 10.8. The Morgan fingerprint density at radius 3 is 2.24 bits per heavy atom. The number of ether oxygens (including phenoxy) is 1. The molecule has 1 fully saturated rings. The summed E-state index contributed by atoms with van der Waals surface area (Å²) in [4.78, 5) is 56.4. The number of likely N-dealkylation sites (tertiary alicyclic amines) is 1. The van der Waals surface area contributed by atoms with Crippen LogP contribution in [0, 0.1) is 23.2 Å². The number of alkyl halides is 1. The van der Waals surface area contributed by atoms with Gasteiger partial charge in [-0.1, -0.05) is 98.9 Å². The number of methoxy groups -OCH3 is 1. The molecule has 46 heavy (non-hydrogen) atoms. The van der Waals surface area contributed by atoms with Crippen molar-refractivity contribution in [2.45, 2.75) is 64.8 Å². The number of carbonyl (C=O) groups excluding carboxylic acids is 4. The van der Waals surface area contributed by atoms with Gasteiger partial charge in [-0.2, -0.15) is 0 Å². The summed E-state index contributed by atoms with van der Waals surface area (Å²) in [7, 11) is -0.0810. The number of ketones is 1. The first-order valence-electron chi connectivity index (χ1n) is 16.0. The van der Waals surface area contributed by atoms with Gasteiger partial charge in [0.2, 0.25) is 5.91 Å². The van der Waals surface area contributed by atoms with Crippen LogP contribution in [0.4, 0.5) is 0 Å². The Morgan fingerprint density at radius 1 is 1.04 bits per heavy atom. The van der Waals surface area contributed by atoms with Gasteiger partial charge < -0.3 is 4.74 Å². The minimum atomic E-state index is -1.62. The third-order valence-electron chi connectivity index (χ3n) is 9.48. The molecule has 244 valence electrons. The van der Waals surface area contributed by atoms with Crippen molar-refractivity contribution in [2.24, 2.45) is 23.2 Å². The fourth-order valence-electron chi connectivity index (χ4n) is 7.45. The maximum absolute atomic E-state index is 15.0. The van der Waals surface area contributed by atoms with Crippen LogP contribution < -0.4 is 0 Å². The molecule has 0 radical (unpaired) electrons. The Bertz CT molecular complexity index is 1530. The molecular formula is C38H46ClNO5Si. The van der Waals surface area contributed by atoms with E-state index in [2.05, 4.69) is 32.6 Å². The summed E-state index contributed by atoms with van der Waals surface area (Å²) >= 11 is 6.39. The third kappa shape index (κ3) is 7.06. The van der Waals surface area contributed by atoms with Crippen molar-refractivity contribution in [1.29, 1.82) is 0 Å². The summed E-state index contributed by atoms with van der Waals surface area (Å²) in [5.74, 6) is -2.17. The number of amides is 2. The second-order valence-corrected chi connectivity index (χ2v) is 19.5. The highest BCUT2D eigenvalue weighted by Gasteiger charge is 2.69. The van der Waals surface area contributed by atoms with Gasteiger partial charge in [0, 0.05) is 43.5 Å². The van der Waals surface area contributed by atoms with Crippen LogP contribution in [-0.4, -0.2) is 55.9 Å². The molecule has 1 saturated heterocycles. The molecule has 5 atom stereocenters. The molecule has 2 aliphatic rings. The lowest BCUT2D eigenvalue weighted by Gasteiger charge is -2.45. The molecule has 0 aromatic heterocycles. The zero-order chi connectivity index (χ0) is 33.6. The predicted octanol–water partition coefficient (Wildman–Crippen LogP) is 7.68. The maximum atomic E-state index is 15.0. The molecule has 1 heterocycles. The van der Waals surface area contributed by atoms with E-state index >= 15 is 4.79 Å². The van der Waals surface area contributed by atoms with E-state index < -0.39 is 43.2 Å². The van der Waals surface area contributed by atoms with Crippen molar-refractivity contribution in [1.82, 2.24) is 4.90 Å². The van der Waals surface area contributed by atoms with Gasteiger partial charge in [-0.3, -0.25) is 24.1 Å². The molecule has 8 heteroatoms. The molecule has 1 aliphatic carbocycles. The number of allylic oxidation sites excluding steroid dienone is 6. The lowest BCUT2D eigenvalue weighted by Crippen LogP contribution is -2.53. The van der Waals surface area contributed by atoms with Crippen molar-refractivity contribution < 1.29 is 23.9 Å². The highest BCUT2D eigenvalue weighted by atomic mass is 35.5. The lowest BCUT2D eigenvalue weighted by atomic mass is 9.55. The van der Waals surface area contributed by atoms with E-state index in [9.17, 15) is 14.4 Å². The molecule has 6 nitrogen and oxygen atoms in total. The average molecular weight is 660 g/mol. The third-order valence-corrected chi connectivity index (χ3v) is 11.2. The van der Waals surface area contributed by atoms with Crippen LogP contribution in [0.2, 0.25) is 25.7 Å². The second-order valence-electron chi connectivity index (χ2n) is 13.7. The Kier molecular flexibility index (Phi) is 11.4. The smallest absolute Gasteiger partial charge is 0.260 e. The number of fused-ring (bicyclic) bond motifs is 1. The molecule has 2 amide bonds. The van der Waals surface area contributed by atoms with Crippen molar-refractivity contribution in [3.63, 3.8) is 0 Å². The zero-order valence-corrected chi connectivity index (χ0v) is 29.6. The number of rotatable bonds is 13. The number of hydrogen-bond acceptors (Lipinski definition) is 5. The largest absolute Gasteiger partial charge is 0.501 e. The first kappa shape index (κ1) is 35.3. The van der Waals surface area contributed by atoms with E-state index in [0.29, 0.717) is 36.2 Å². The van der Waals surface area contributed by atoms with Gasteiger partial charge in [0.25, 0.3) is 5.91 Å². The SMILES string of the molecule is CO/C(CC/C=C/[C@H]1C=C(C[Si](C)(C)C)[C@@H](C)[C@H]2[C@H](Cc3ccccc3)N(C(=O)c3ccccc3)C(=O)[C@]21C(=O)CCl)=C(\C)C=O. The number of aldehydes is 1. The molecule has 0 spiro atoms. The molecule has 2 aromatic rings. The fourth-order valence-corrected chi connectivity index (χ4v) is 9.34. The molecule has 1 aliphatic heterocycles. The van der Waals surface area contributed by atoms with Gasteiger partial charge in [0.1, 0.15) is 17.5 Å². The van der Waals surface area contributed by atoms with Crippen LogP contribution in [0.15, 0.2) is 95.8 Å². The van der Waals surface area contributed by atoms with Gasteiger partial charge in [-0.25, -0.2) is 0 Å². The van der Waals surface area contributed by atoms with Crippen LogP contribution in [-0.2, 0) is 25.5 Å². The Hall–Kier alpha value is -3.55. The van der Waals surface area contributed by atoms with Gasteiger partial charge >= 0.3 is 0 Å². The monoisotopic (exact) mass is 659 g/mol. The minimum Gasteiger partial charge on any atom is -0.501 e. The number of Topliss-reactive ketones (excluding diaryl/α,β-unsaturated/α-hetero) is 1. The van der Waals surface area contributed by atoms with Crippen molar-refractivity contribution in [3.8, 4) is 0 Å². The van der Waals surface area contributed by atoms with Crippen molar-refractivity contribution in [3.05, 3.63) is 107 Å². The average Bonchev–Trinajstić information content (AvgIpc) is 3.30. The van der Waals surface area contributed by atoms with Crippen LogP contribution in [0.3, 0.4) is 0 Å². The van der Waals surface area contributed by atoms with E-state index in [1.807, 2.05) is 48.6 Å². The molecule has 0 N–H and O–H groups in total. The second kappa shape index (κ2) is 14.9. The zero-order valence-electron chi connectivity index (χ0n) is 27.8. The number of benzene rings is 2. The predicted molar refractivity (Wildman–Crippen MR) is 186 cm³/mol. The topological polar surface area (TPSA) is 80.8 Å². The van der Waals surface area contributed by atoms with Gasteiger partial charge in [0.05, 0.1) is 13.0 Å². The van der Waals surface area contributed by atoms with E-state index in [1.165, 1.54) is 10.5 Å². The highest BCUT2D eigenvalue weighted by Crippen LogP contribution is 2.58. The molecule has 0 unspecified atom stereocenters. The number of imide groups is 1. The Balaban J connectivity index is 1.92. The summed E-state index contributed by atoms with van der Waals surface area (Å²) < 4.78 is 5.43. The number of carbonyl (C=O) groups is 4. The van der Waals surface area contributed by atoms with E-state index in [1.54, 1.807) is 38.3 Å². The van der Waals surface area contributed by atoms with Gasteiger partial charge in [-0.05, 0) is 49.4 Å². The van der Waals surface area contributed by atoms with Gasteiger partial charge in [0.15, 0.2) is 5.78 Å². The van der Waals surface area contributed by atoms with Gasteiger partial charge in [-0.15, -0.1) is 11.6 Å². The Morgan fingerprint density at radius 2 is 1.67 bits per heavy atom. The molecule has 0 bridgehead atoms. The van der Waals surface area contributed by atoms with Crippen LogP contribution in [0.1, 0.15) is 42.6 Å². The standard InChI is InChI=1S/C38H46ClNO5Si/c1-26(24-41)33(45-3)20-14-13-19-31-22-30(25-46(4,5)6)27(2)35-32(21-28-15-9-7-10-16-28)40(36(43)29-17-11-8-12-18-29)37(44)38(31,35)34(42)23-39/h7-13,15-19,22,24,27,31-32,35H,14,20-21,23,25H2,1-6H3/b19-13+,33-26+/t27-,31+,32+,35+,38-/m1/s1. The normalized spacial score (nSPS) is 25.2. The summed E-state index contributed by atoms with van der Waals surface area (Å²) in [5, 5.41) is 0.